The third-order valence-electron chi connectivity index (χ3n) is 4.24. The molecule has 0 unspecified atom stereocenters. The molecule has 0 aromatic carbocycles. The molecule has 0 atom stereocenters. The van der Waals surface area contributed by atoms with Crippen molar-refractivity contribution in [3.05, 3.63) is 38.7 Å². The smallest absolute Gasteiger partial charge is 0.128 e. The molecule has 0 saturated carbocycles. The van der Waals surface area contributed by atoms with Gasteiger partial charge in [0.25, 0.3) is 0 Å². The number of hydrogen-bond acceptors (Lipinski definition) is 4. The third-order valence-corrected chi connectivity index (χ3v) is 5.16. The number of hydrogen-bond donors (Lipinski definition) is 1. The molecule has 1 aliphatic rings. The Morgan fingerprint density at radius 3 is 2.92 bits per heavy atom. The number of rotatable bonds is 4. The van der Waals surface area contributed by atoms with Crippen LogP contribution in [0.5, 0.6) is 0 Å². The SMILES string of the molecule is C\C=c1/c(=C\C=N\C)cnn1Cc1cc(C(=N)N2CCCC2)cs1. The maximum atomic E-state index is 8.36. The summed E-state index contributed by atoms with van der Waals surface area (Å²) >= 11 is 1.70. The summed E-state index contributed by atoms with van der Waals surface area (Å²) in [7, 11) is 1.76. The first kappa shape index (κ1) is 16.6. The van der Waals surface area contributed by atoms with Crippen LogP contribution in [0, 0.1) is 5.41 Å². The second-order valence-electron chi connectivity index (χ2n) is 5.85. The maximum Gasteiger partial charge on any atom is 0.128 e. The van der Waals surface area contributed by atoms with E-state index in [4.69, 9.17) is 5.41 Å². The van der Waals surface area contributed by atoms with Crippen molar-refractivity contribution in [2.24, 2.45) is 4.99 Å². The third kappa shape index (κ3) is 3.48. The number of nitrogens with one attached hydrogen (secondary N) is 1. The Morgan fingerprint density at radius 2 is 2.21 bits per heavy atom. The molecule has 1 aliphatic heterocycles. The van der Waals surface area contributed by atoms with Crippen molar-refractivity contribution in [3.63, 3.8) is 0 Å². The normalized spacial score (nSPS) is 16.7. The van der Waals surface area contributed by atoms with Gasteiger partial charge in [0.15, 0.2) is 0 Å². The van der Waals surface area contributed by atoms with Crippen LogP contribution in [0.1, 0.15) is 30.2 Å². The first-order valence-corrected chi connectivity index (χ1v) is 9.13. The first-order valence-electron chi connectivity index (χ1n) is 8.25. The van der Waals surface area contributed by atoms with Gasteiger partial charge in [-0.25, -0.2) is 0 Å². The number of likely N-dealkylation sites (tertiary alicyclic amines) is 1. The van der Waals surface area contributed by atoms with Gasteiger partial charge in [-0.3, -0.25) is 15.1 Å². The zero-order chi connectivity index (χ0) is 16.9. The van der Waals surface area contributed by atoms with E-state index in [2.05, 4.69) is 32.5 Å². The van der Waals surface area contributed by atoms with E-state index >= 15 is 0 Å². The highest BCUT2D eigenvalue weighted by Crippen LogP contribution is 2.19. The summed E-state index contributed by atoms with van der Waals surface area (Å²) in [5.74, 6) is 0.658. The minimum absolute atomic E-state index is 0.658. The Balaban J connectivity index is 1.80. The van der Waals surface area contributed by atoms with Crippen LogP contribution in [0.15, 0.2) is 22.6 Å². The molecule has 3 heterocycles. The second kappa shape index (κ2) is 7.57. The molecule has 0 radical (unpaired) electrons. The average Bonchev–Trinajstić information content (AvgIpc) is 3.33. The number of amidine groups is 1. The van der Waals surface area contributed by atoms with E-state index in [1.54, 1.807) is 24.6 Å². The lowest BCUT2D eigenvalue weighted by Crippen LogP contribution is -2.29. The predicted octanol–water partition coefficient (Wildman–Crippen LogP) is 1.70. The molecule has 1 fully saturated rings. The van der Waals surface area contributed by atoms with Crippen molar-refractivity contribution >= 4 is 35.5 Å². The first-order chi connectivity index (χ1) is 11.7. The molecule has 1 saturated heterocycles. The van der Waals surface area contributed by atoms with E-state index in [0.717, 1.165) is 35.8 Å². The van der Waals surface area contributed by atoms with E-state index in [0.29, 0.717) is 5.84 Å². The number of nitrogens with zero attached hydrogens (tertiary/aromatic N) is 4. The molecular formula is C18H23N5S. The van der Waals surface area contributed by atoms with Gasteiger partial charge in [0, 0.05) is 47.4 Å². The minimum atomic E-state index is 0.658. The van der Waals surface area contributed by atoms with Crippen LogP contribution in [0.2, 0.25) is 0 Å². The van der Waals surface area contributed by atoms with Crippen molar-refractivity contribution in [2.75, 3.05) is 20.1 Å². The molecule has 0 amide bonds. The molecule has 1 N–H and O–H groups in total. The van der Waals surface area contributed by atoms with E-state index in [9.17, 15) is 0 Å². The molecule has 24 heavy (non-hydrogen) atoms. The minimum Gasteiger partial charge on any atom is -0.357 e. The van der Waals surface area contributed by atoms with Gasteiger partial charge in [0.1, 0.15) is 5.84 Å². The summed E-state index contributed by atoms with van der Waals surface area (Å²) < 4.78 is 2.00. The van der Waals surface area contributed by atoms with Gasteiger partial charge < -0.3 is 4.90 Å². The zero-order valence-corrected chi connectivity index (χ0v) is 15.0. The fourth-order valence-electron chi connectivity index (χ4n) is 2.99. The van der Waals surface area contributed by atoms with Crippen LogP contribution in [0.25, 0.3) is 12.2 Å². The van der Waals surface area contributed by atoms with Crippen molar-refractivity contribution in [1.82, 2.24) is 14.7 Å². The van der Waals surface area contributed by atoms with Crippen molar-refractivity contribution in [2.45, 2.75) is 26.3 Å². The van der Waals surface area contributed by atoms with E-state index < -0.39 is 0 Å². The quantitative estimate of drug-likeness (QED) is 0.680. The van der Waals surface area contributed by atoms with E-state index in [1.165, 1.54) is 17.7 Å². The highest BCUT2D eigenvalue weighted by Gasteiger charge is 2.17. The van der Waals surface area contributed by atoms with Gasteiger partial charge in [-0.2, -0.15) is 5.10 Å². The summed E-state index contributed by atoms with van der Waals surface area (Å²) in [4.78, 5) is 7.39. The standard InChI is InChI=1S/C18H23N5S/c1-3-17-14(6-7-20-2)11-21-23(17)12-16-10-15(13-24-16)18(19)22-8-4-5-9-22/h3,6-7,10-11,13,19H,4-5,8-9,12H2,1-2H3/b14-6-,17-3+,19-18?,20-7+. The molecule has 2 aromatic heterocycles. The number of aromatic nitrogens is 2. The lowest BCUT2D eigenvalue weighted by molar-refractivity contribution is 0.517. The number of aliphatic imine (C=N–C) groups is 1. The molecule has 126 valence electrons. The molecule has 0 bridgehead atoms. The maximum absolute atomic E-state index is 8.36. The molecule has 3 rings (SSSR count). The lowest BCUT2D eigenvalue weighted by Gasteiger charge is -2.17. The summed E-state index contributed by atoms with van der Waals surface area (Å²) in [6.45, 7) is 4.78. The Hall–Kier alpha value is -2.21. The topological polar surface area (TPSA) is 57.3 Å². The van der Waals surface area contributed by atoms with Gasteiger partial charge in [0.05, 0.1) is 18.1 Å². The molecule has 2 aromatic rings. The predicted molar refractivity (Wildman–Crippen MR) is 102 cm³/mol. The van der Waals surface area contributed by atoms with Gasteiger partial charge in [-0.15, -0.1) is 11.3 Å². The van der Waals surface area contributed by atoms with Gasteiger partial charge in [-0.05, 0) is 31.9 Å². The average molecular weight is 341 g/mol. The summed E-state index contributed by atoms with van der Waals surface area (Å²) in [5.41, 5.74) is 1.02. The van der Waals surface area contributed by atoms with Crippen LogP contribution in [0.3, 0.4) is 0 Å². The molecule has 5 nitrogen and oxygen atoms in total. The van der Waals surface area contributed by atoms with Gasteiger partial charge in [-0.1, -0.05) is 6.08 Å². The molecular weight excluding hydrogens is 318 g/mol. The van der Waals surface area contributed by atoms with Crippen molar-refractivity contribution < 1.29 is 0 Å². The largest absolute Gasteiger partial charge is 0.357 e. The Labute approximate surface area is 146 Å². The Bertz CT molecular complexity index is 852. The van der Waals surface area contributed by atoms with Gasteiger partial charge >= 0.3 is 0 Å². The van der Waals surface area contributed by atoms with Gasteiger partial charge in [0.2, 0.25) is 0 Å². The van der Waals surface area contributed by atoms with Crippen LogP contribution >= 0.6 is 11.3 Å². The summed E-state index contributed by atoms with van der Waals surface area (Å²) in [5, 5.41) is 17.1. The number of thiophene rings is 1. The molecule has 0 spiro atoms. The van der Waals surface area contributed by atoms with E-state index in [-0.39, 0.29) is 0 Å². The fraction of sp³-hybridized carbons (Fsp3) is 0.389. The zero-order valence-electron chi connectivity index (χ0n) is 14.2. The summed E-state index contributed by atoms with van der Waals surface area (Å²) in [6, 6.07) is 2.13. The van der Waals surface area contributed by atoms with E-state index in [1.807, 2.05) is 23.9 Å². The second-order valence-corrected chi connectivity index (χ2v) is 6.85. The van der Waals surface area contributed by atoms with Crippen molar-refractivity contribution in [1.29, 1.82) is 5.41 Å². The highest BCUT2D eigenvalue weighted by atomic mass is 32.1. The van der Waals surface area contributed by atoms with Crippen LogP contribution < -0.4 is 10.6 Å². The monoisotopic (exact) mass is 341 g/mol. The fourth-order valence-corrected chi connectivity index (χ4v) is 3.84. The highest BCUT2D eigenvalue weighted by molar-refractivity contribution is 7.10. The summed E-state index contributed by atoms with van der Waals surface area (Å²) in [6.07, 6.45) is 10.1. The van der Waals surface area contributed by atoms with Crippen LogP contribution in [-0.4, -0.2) is 46.9 Å². The Kier molecular flexibility index (Phi) is 5.25. The Morgan fingerprint density at radius 1 is 1.42 bits per heavy atom. The molecule has 0 aliphatic carbocycles. The van der Waals surface area contributed by atoms with Crippen LogP contribution in [-0.2, 0) is 6.54 Å². The lowest BCUT2D eigenvalue weighted by atomic mass is 10.2. The van der Waals surface area contributed by atoms with Crippen molar-refractivity contribution in [3.8, 4) is 0 Å². The molecule has 6 heteroatoms. The van der Waals surface area contributed by atoms with Crippen LogP contribution in [0.4, 0.5) is 0 Å².